The molecule has 1 heterocycles. The van der Waals surface area contributed by atoms with Gasteiger partial charge in [0.2, 0.25) is 0 Å². The van der Waals surface area contributed by atoms with Gasteiger partial charge < -0.3 is 9.72 Å². The van der Waals surface area contributed by atoms with Crippen LogP contribution in [0.3, 0.4) is 0 Å². The third kappa shape index (κ3) is 3.90. The fourth-order valence-corrected chi connectivity index (χ4v) is 2.42. The molecule has 0 bridgehead atoms. The van der Waals surface area contributed by atoms with Crippen molar-refractivity contribution in [1.82, 2.24) is 9.97 Å². The lowest BCUT2D eigenvalue weighted by atomic mass is 10.2. The van der Waals surface area contributed by atoms with Gasteiger partial charge in [-0.15, -0.1) is 0 Å². The van der Waals surface area contributed by atoms with E-state index in [0.717, 1.165) is 0 Å². The van der Waals surface area contributed by atoms with Crippen molar-refractivity contribution in [3.8, 4) is 0 Å². The van der Waals surface area contributed by atoms with Crippen LogP contribution in [0, 0.1) is 5.82 Å². The van der Waals surface area contributed by atoms with Gasteiger partial charge in [-0.2, -0.15) is 0 Å². The van der Waals surface area contributed by atoms with E-state index in [1.54, 1.807) is 18.2 Å². The van der Waals surface area contributed by atoms with E-state index in [4.69, 9.17) is 4.74 Å². The summed E-state index contributed by atoms with van der Waals surface area (Å²) < 4.78 is 18.4. The SMILES string of the molecule is COCc1cc(=O)[nH]c(SCc2ccccc2F)n1. The first-order valence-corrected chi connectivity index (χ1v) is 6.63. The van der Waals surface area contributed by atoms with Crippen LogP contribution in [0.2, 0.25) is 0 Å². The number of rotatable bonds is 5. The summed E-state index contributed by atoms with van der Waals surface area (Å²) in [5.41, 5.74) is 0.896. The van der Waals surface area contributed by atoms with Gasteiger partial charge in [0, 0.05) is 18.9 Å². The Kier molecular flexibility index (Phi) is 4.70. The van der Waals surface area contributed by atoms with E-state index in [9.17, 15) is 9.18 Å². The highest BCUT2D eigenvalue weighted by molar-refractivity contribution is 7.98. The van der Waals surface area contributed by atoms with Gasteiger partial charge in [-0.1, -0.05) is 30.0 Å². The predicted octanol–water partition coefficient (Wildman–Crippen LogP) is 2.35. The Hall–Kier alpha value is -1.66. The summed E-state index contributed by atoms with van der Waals surface area (Å²) in [7, 11) is 1.54. The number of thioether (sulfide) groups is 1. The first-order valence-electron chi connectivity index (χ1n) is 5.64. The molecule has 6 heteroatoms. The number of hydrogen-bond acceptors (Lipinski definition) is 4. The van der Waals surface area contributed by atoms with Crippen molar-refractivity contribution in [2.75, 3.05) is 7.11 Å². The normalized spacial score (nSPS) is 10.6. The minimum absolute atomic E-state index is 0.238. The maximum absolute atomic E-state index is 13.4. The zero-order chi connectivity index (χ0) is 13.7. The second kappa shape index (κ2) is 6.49. The minimum atomic E-state index is -0.259. The van der Waals surface area contributed by atoms with Crippen LogP contribution in [0.15, 0.2) is 40.3 Å². The Morgan fingerprint density at radius 1 is 1.42 bits per heavy atom. The van der Waals surface area contributed by atoms with E-state index in [0.29, 0.717) is 22.2 Å². The number of hydrogen-bond donors (Lipinski definition) is 1. The highest BCUT2D eigenvalue weighted by Crippen LogP contribution is 2.20. The number of halogens is 1. The maximum Gasteiger partial charge on any atom is 0.251 e. The molecular formula is C13H13FN2O2S. The summed E-state index contributed by atoms with van der Waals surface area (Å²) in [5.74, 6) is 0.150. The Labute approximate surface area is 114 Å². The predicted molar refractivity (Wildman–Crippen MR) is 71.5 cm³/mol. The van der Waals surface area contributed by atoms with Gasteiger partial charge in [-0.3, -0.25) is 4.79 Å². The van der Waals surface area contributed by atoms with Crippen LogP contribution in [0.4, 0.5) is 4.39 Å². The van der Waals surface area contributed by atoms with Gasteiger partial charge in [-0.05, 0) is 11.6 Å². The van der Waals surface area contributed by atoms with Crippen LogP contribution in [0.1, 0.15) is 11.3 Å². The smallest absolute Gasteiger partial charge is 0.251 e. The van der Waals surface area contributed by atoms with Crippen LogP contribution in [0.5, 0.6) is 0 Å². The number of methoxy groups -OCH3 is 1. The van der Waals surface area contributed by atoms with Gasteiger partial charge in [0.15, 0.2) is 5.16 Å². The van der Waals surface area contributed by atoms with Crippen molar-refractivity contribution in [3.63, 3.8) is 0 Å². The molecule has 1 aromatic heterocycles. The summed E-state index contributed by atoms with van der Waals surface area (Å²) in [6.07, 6.45) is 0. The molecule has 0 aliphatic rings. The summed E-state index contributed by atoms with van der Waals surface area (Å²) in [6, 6.07) is 7.92. The first-order chi connectivity index (χ1) is 9.19. The fourth-order valence-electron chi connectivity index (χ4n) is 1.54. The second-order valence-corrected chi connectivity index (χ2v) is 4.82. The van der Waals surface area contributed by atoms with Gasteiger partial charge in [0.1, 0.15) is 5.82 Å². The molecule has 100 valence electrons. The molecule has 0 aliphatic heterocycles. The van der Waals surface area contributed by atoms with Crippen molar-refractivity contribution >= 4 is 11.8 Å². The van der Waals surface area contributed by atoms with E-state index in [1.165, 1.54) is 31.0 Å². The number of benzene rings is 1. The van der Waals surface area contributed by atoms with Crippen molar-refractivity contribution in [1.29, 1.82) is 0 Å². The number of nitrogens with one attached hydrogen (secondary N) is 1. The highest BCUT2D eigenvalue weighted by Gasteiger charge is 2.05. The average Bonchev–Trinajstić information content (AvgIpc) is 2.37. The number of aromatic amines is 1. The summed E-state index contributed by atoms with van der Waals surface area (Å²) in [6.45, 7) is 0.275. The third-order valence-electron chi connectivity index (χ3n) is 2.39. The minimum Gasteiger partial charge on any atom is -0.378 e. The lowest BCUT2D eigenvalue weighted by molar-refractivity contribution is 0.180. The van der Waals surface area contributed by atoms with Crippen LogP contribution in [0.25, 0.3) is 0 Å². The molecule has 0 atom stereocenters. The van der Waals surface area contributed by atoms with E-state index in [-0.39, 0.29) is 18.0 Å². The molecule has 0 amide bonds. The quantitative estimate of drug-likeness (QED) is 0.674. The molecule has 0 saturated carbocycles. The molecule has 4 nitrogen and oxygen atoms in total. The number of nitrogens with zero attached hydrogens (tertiary/aromatic N) is 1. The van der Waals surface area contributed by atoms with Crippen LogP contribution in [-0.4, -0.2) is 17.1 Å². The van der Waals surface area contributed by atoms with E-state index >= 15 is 0 Å². The van der Waals surface area contributed by atoms with Crippen LogP contribution in [-0.2, 0) is 17.1 Å². The second-order valence-electron chi connectivity index (χ2n) is 3.85. The molecule has 1 aromatic carbocycles. The lowest BCUT2D eigenvalue weighted by Crippen LogP contribution is -2.10. The monoisotopic (exact) mass is 280 g/mol. The molecule has 0 aliphatic carbocycles. The van der Waals surface area contributed by atoms with Crippen molar-refractivity contribution in [3.05, 3.63) is 57.8 Å². The third-order valence-corrected chi connectivity index (χ3v) is 3.31. The Morgan fingerprint density at radius 2 is 2.21 bits per heavy atom. The van der Waals surface area contributed by atoms with Gasteiger partial charge in [-0.25, -0.2) is 9.37 Å². The maximum atomic E-state index is 13.4. The molecule has 0 fully saturated rings. The number of ether oxygens (including phenoxy) is 1. The summed E-state index contributed by atoms with van der Waals surface area (Å²) >= 11 is 1.28. The van der Waals surface area contributed by atoms with Crippen LogP contribution >= 0.6 is 11.8 Å². The zero-order valence-corrected chi connectivity index (χ0v) is 11.2. The molecule has 2 aromatic rings. The van der Waals surface area contributed by atoms with Crippen molar-refractivity contribution in [2.24, 2.45) is 0 Å². The fraction of sp³-hybridized carbons (Fsp3) is 0.231. The Bertz CT molecular complexity index is 616. The largest absolute Gasteiger partial charge is 0.378 e. The molecule has 0 spiro atoms. The van der Waals surface area contributed by atoms with Crippen molar-refractivity contribution < 1.29 is 9.13 Å². The molecule has 19 heavy (non-hydrogen) atoms. The van der Waals surface area contributed by atoms with E-state index in [2.05, 4.69) is 9.97 Å². The van der Waals surface area contributed by atoms with E-state index in [1.807, 2.05) is 0 Å². The summed E-state index contributed by atoms with van der Waals surface area (Å²) in [5, 5.41) is 0.461. The zero-order valence-electron chi connectivity index (χ0n) is 10.4. The lowest BCUT2D eigenvalue weighted by Gasteiger charge is -2.04. The molecule has 0 unspecified atom stereocenters. The number of H-pyrrole nitrogens is 1. The van der Waals surface area contributed by atoms with Crippen LogP contribution < -0.4 is 5.56 Å². The highest BCUT2D eigenvalue weighted by atomic mass is 32.2. The van der Waals surface area contributed by atoms with Crippen molar-refractivity contribution in [2.45, 2.75) is 17.5 Å². The molecule has 1 N–H and O–H groups in total. The van der Waals surface area contributed by atoms with Gasteiger partial charge >= 0.3 is 0 Å². The van der Waals surface area contributed by atoms with Gasteiger partial charge in [0.25, 0.3) is 5.56 Å². The molecular weight excluding hydrogens is 267 g/mol. The number of aromatic nitrogens is 2. The molecule has 0 radical (unpaired) electrons. The average molecular weight is 280 g/mol. The summed E-state index contributed by atoms with van der Waals surface area (Å²) in [4.78, 5) is 18.3. The first kappa shape index (κ1) is 13.8. The van der Waals surface area contributed by atoms with Gasteiger partial charge in [0.05, 0.1) is 12.3 Å². The topological polar surface area (TPSA) is 55.0 Å². The molecule has 2 rings (SSSR count). The Balaban J connectivity index is 2.11. The Morgan fingerprint density at radius 3 is 2.95 bits per heavy atom. The standard InChI is InChI=1S/C13H13FN2O2S/c1-18-7-10-6-12(17)16-13(15-10)19-8-9-4-2-3-5-11(9)14/h2-6H,7-8H2,1H3,(H,15,16,17). The molecule has 0 saturated heterocycles. The van der Waals surface area contributed by atoms with E-state index < -0.39 is 0 Å².